The summed E-state index contributed by atoms with van der Waals surface area (Å²) in [5, 5.41) is 2.33. The third kappa shape index (κ3) is 3.73. The van der Waals surface area contributed by atoms with Crippen molar-refractivity contribution in [3.8, 4) is 0 Å². The highest BCUT2D eigenvalue weighted by molar-refractivity contribution is 6.05. The van der Waals surface area contributed by atoms with Crippen molar-refractivity contribution in [1.29, 1.82) is 0 Å². The van der Waals surface area contributed by atoms with Crippen LogP contribution in [0.5, 0.6) is 0 Å². The van der Waals surface area contributed by atoms with Crippen molar-refractivity contribution < 1.29 is 19.1 Å². The third-order valence-electron chi connectivity index (χ3n) is 5.38. The minimum Gasteiger partial charge on any atom is -0.378 e. The lowest BCUT2D eigenvalue weighted by Gasteiger charge is -2.29. The Bertz CT molecular complexity index is 781. The average Bonchev–Trinajstić information content (AvgIpc) is 2.80. The van der Waals surface area contributed by atoms with Gasteiger partial charge in [-0.3, -0.25) is 24.6 Å². The van der Waals surface area contributed by atoms with Crippen LogP contribution < -0.4 is 11.1 Å². The fourth-order valence-electron chi connectivity index (χ4n) is 4.01. The van der Waals surface area contributed by atoms with Crippen LogP contribution >= 0.6 is 0 Å². The summed E-state index contributed by atoms with van der Waals surface area (Å²) in [7, 11) is 0. The van der Waals surface area contributed by atoms with Crippen LogP contribution in [0.25, 0.3) is 0 Å². The van der Waals surface area contributed by atoms with Crippen molar-refractivity contribution in [2.24, 2.45) is 5.73 Å². The van der Waals surface area contributed by atoms with Gasteiger partial charge in [0.2, 0.25) is 11.8 Å². The first kappa shape index (κ1) is 18.1. The highest BCUT2D eigenvalue weighted by Crippen LogP contribution is 2.28. The van der Waals surface area contributed by atoms with E-state index in [1.807, 2.05) is 18.2 Å². The molecule has 0 bridgehead atoms. The standard InChI is InChI=1S/C19H24N4O4/c20-14-10-22(5-6-27-11-14)8-12-1-2-13-9-23(19(26)15(13)7-12)16-3-4-17(24)21-18(16)25/h1-2,7,14,16H,3-6,8-11,20H2,(H,21,24,25). The molecule has 2 fully saturated rings. The lowest BCUT2D eigenvalue weighted by atomic mass is 10.0. The molecule has 27 heavy (non-hydrogen) atoms. The summed E-state index contributed by atoms with van der Waals surface area (Å²) in [5.74, 6) is -0.800. The van der Waals surface area contributed by atoms with Gasteiger partial charge in [0.05, 0.1) is 13.2 Å². The Morgan fingerprint density at radius 3 is 2.93 bits per heavy atom. The molecule has 144 valence electrons. The average molecular weight is 372 g/mol. The van der Waals surface area contributed by atoms with E-state index in [1.165, 1.54) is 0 Å². The summed E-state index contributed by atoms with van der Waals surface area (Å²) >= 11 is 0. The summed E-state index contributed by atoms with van der Waals surface area (Å²) in [6.45, 7) is 3.90. The monoisotopic (exact) mass is 372 g/mol. The van der Waals surface area contributed by atoms with Gasteiger partial charge in [-0.25, -0.2) is 0 Å². The zero-order valence-electron chi connectivity index (χ0n) is 15.1. The van der Waals surface area contributed by atoms with Gasteiger partial charge >= 0.3 is 0 Å². The first-order chi connectivity index (χ1) is 13.0. The molecule has 3 aliphatic rings. The van der Waals surface area contributed by atoms with Crippen LogP contribution in [-0.4, -0.2) is 65.9 Å². The maximum Gasteiger partial charge on any atom is 0.255 e. The topological polar surface area (TPSA) is 105 Å². The Labute approximate surface area is 157 Å². The van der Waals surface area contributed by atoms with Crippen molar-refractivity contribution in [3.63, 3.8) is 0 Å². The molecule has 3 N–H and O–H groups in total. The predicted molar refractivity (Wildman–Crippen MR) is 96.6 cm³/mol. The molecule has 1 aromatic carbocycles. The lowest BCUT2D eigenvalue weighted by Crippen LogP contribution is -2.52. The van der Waals surface area contributed by atoms with E-state index in [9.17, 15) is 14.4 Å². The summed E-state index contributed by atoms with van der Waals surface area (Å²) in [6.07, 6.45) is 0.641. The number of carbonyl (C=O) groups is 3. The number of imide groups is 1. The van der Waals surface area contributed by atoms with Crippen LogP contribution in [0.1, 0.15) is 34.3 Å². The van der Waals surface area contributed by atoms with Crippen LogP contribution in [0.3, 0.4) is 0 Å². The van der Waals surface area contributed by atoms with Crippen LogP contribution in [0.2, 0.25) is 0 Å². The van der Waals surface area contributed by atoms with Crippen molar-refractivity contribution in [2.45, 2.75) is 38.0 Å². The predicted octanol–water partition coefficient (Wildman–Crippen LogP) is -0.393. The van der Waals surface area contributed by atoms with Crippen LogP contribution in [0.4, 0.5) is 0 Å². The Morgan fingerprint density at radius 2 is 2.11 bits per heavy atom. The van der Waals surface area contributed by atoms with Crippen LogP contribution in [0, 0.1) is 0 Å². The quantitative estimate of drug-likeness (QED) is 0.700. The number of amides is 3. The normalized spacial score (nSPS) is 26.7. The molecular formula is C19H24N4O4. The first-order valence-electron chi connectivity index (χ1n) is 9.33. The van der Waals surface area contributed by atoms with Crippen molar-refractivity contribution in [3.05, 3.63) is 34.9 Å². The van der Waals surface area contributed by atoms with Gasteiger partial charge in [-0.05, 0) is 23.6 Å². The van der Waals surface area contributed by atoms with Gasteiger partial charge in [-0.2, -0.15) is 0 Å². The number of rotatable bonds is 3. The number of hydrogen-bond acceptors (Lipinski definition) is 6. The molecule has 0 aliphatic carbocycles. The molecular weight excluding hydrogens is 348 g/mol. The smallest absolute Gasteiger partial charge is 0.255 e. The Kier molecular flexibility index (Phi) is 4.94. The summed E-state index contributed by atoms with van der Waals surface area (Å²) in [6, 6.07) is 5.32. The zero-order valence-corrected chi connectivity index (χ0v) is 15.1. The number of carbonyl (C=O) groups excluding carboxylic acids is 3. The van der Waals surface area contributed by atoms with Gasteiger partial charge in [-0.1, -0.05) is 12.1 Å². The molecule has 0 radical (unpaired) electrons. The highest BCUT2D eigenvalue weighted by atomic mass is 16.5. The second-order valence-corrected chi connectivity index (χ2v) is 7.46. The number of benzene rings is 1. The van der Waals surface area contributed by atoms with Crippen molar-refractivity contribution >= 4 is 17.7 Å². The maximum absolute atomic E-state index is 12.9. The van der Waals surface area contributed by atoms with Gasteiger partial charge in [0, 0.05) is 44.2 Å². The SMILES string of the molecule is NC1COCCN(Cc2ccc3c(c2)C(=O)N(C2CCC(=O)NC2=O)C3)C1. The zero-order chi connectivity index (χ0) is 19.0. The molecule has 0 saturated carbocycles. The molecule has 2 atom stereocenters. The minimum atomic E-state index is -0.577. The number of hydrogen-bond donors (Lipinski definition) is 2. The Hall–Kier alpha value is -2.29. The molecule has 3 aliphatic heterocycles. The fourth-order valence-corrected chi connectivity index (χ4v) is 4.01. The molecule has 8 heteroatoms. The number of nitrogens with two attached hydrogens (primary N) is 1. The molecule has 1 aromatic rings. The molecule has 3 heterocycles. The number of fused-ring (bicyclic) bond motifs is 1. The van der Waals surface area contributed by atoms with Gasteiger partial charge in [0.25, 0.3) is 5.91 Å². The molecule has 8 nitrogen and oxygen atoms in total. The maximum atomic E-state index is 12.9. The van der Waals surface area contributed by atoms with E-state index in [0.717, 1.165) is 24.2 Å². The summed E-state index contributed by atoms with van der Waals surface area (Å²) in [4.78, 5) is 40.2. The lowest BCUT2D eigenvalue weighted by molar-refractivity contribution is -0.136. The molecule has 4 rings (SSSR count). The van der Waals surface area contributed by atoms with Crippen molar-refractivity contribution in [2.75, 3.05) is 26.3 Å². The second kappa shape index (κ2) is 7.38. The minimum absolute atomic E-state index is 0.00780. The Morgan fingerprint density at radius 1 is 1.26 bits per heavy atom. The Balaban J connectivity index is 1.48. The van der Waals surface area contributed by atoms with Crippen LogP contribution in [-0.2, 0) is 27.4 Å². The van der Waals surface area contributed by atoms with E-state index in [2.05, 4.69) is 10.2 Å². The summed E-state index contributed by atoms with van der Waals surface area (Å²) in [5.41, 5.74) is 8.63. The third-order valence-corrected chi connectivity index (χ3v) is 5.38. The number of nitrogens with zero attached hydrogens (tertiary/aromatic N) is 2. The largest absolute Gasteiger partial charge is 0.378 e. The summed E-state index contributed by atoms with van der Waals surface area (Å²) < 4.78 is 5.48. The van der Waals surface area contributed by atoms with Gasteiger partial charge in [0.15, 0.2) is 0 Å². The van der Waals surface area contributed by atoms with Gasteiger partial charge < -0.3 is 15.4 Å². The van der Waals surface area contributed by atoms with E-state index in [-0.39, 0.29) is 30.2 Å². The van der Waals surface area contributed by atoms with Gasteiger partial charge in [-0.15, -0.1) is 0 Å². The molecule has 2 saturated heterocycles. The second-order valence-electron chi connectivity index (χ2n) is 7.46. The number of ether oxygens (including phenoxy) is 1. The van der Waals surface area contributed by atoms with Gasteiger partial charge in [0.1, 0.15) is 6.04 Å². The molecule has 0 spiro atoms. The number of nitrogens with one attached hydrogen (secondary N) is 1. The van der Waals surface area contributed by atoms with E-state index < -0.39 is 6.04 Å². The molecule has 0 aromatic heterocycles. The van der Waals surface area contributed by atoms with E-state index in [4.69, 9.17) is 10.5 Å². The van der Waals surface area contributed by atoms with Crippen LogP contribution in [0.15, 0.2) is 18.2 Å². The number of piperidine rings is 1. The van der Waals surface area contributed by atoms with E-state index in [0.29, 0.717) is 38.3 Å². The molecule has 3 amide bonds. The fraction of sp³-hybridized carbons (Fsp3) is 0.526. The van der Waals surface area contributed by atoms with E-state index >= 15 is 0 Å². The first-order valence-corrected chi connectivity index (χ1v) is 9.33. The van der Waals surface area contributed by atoms with E-state index in [1.54, 1.807) is 4.90 Å². The molecule has 2 unspecified atom stereocenters. The van der Waals surface area contributed by atoms with Crippen molar-refractivity contribution in [1.82, 2.24) is 15.1 Å². The highest BCUT2D eigenvalue weighted by Gasteiger charge is 2.39.